The van der Waals surface area contributed by atoms with Gasteiger partial charge in [0.15, 0.2) is 0 Å². The first-order valence-electron chi connectivity index (χ1n) is 5.01. The average Bonchev–Trinajstić information content (AvgIpc) is 2.24. The number of benzene rings is 1. The summed E-state index contributed by atoms with van der Waals surface area (Å²) < 4.78 is 5.39. The maximum Gasteiger partial charge on any atom is 0.0623 e. The topological polar surface area (TPSA) is 21.3 Å². The number of morpholine rings is 1. The van der Waals surface area contributed by atoms with E-state index < -0.39 is 0 Å². The van der Waals surface area contributed by atoms with E-state index in [1.54, 1.807) is 6.07 Å². The first-order chi connectivity index (χ1) is 7.25. The highest BCUT2D eigenvalue weighted by atomic mass is 35.5. The molecule has 4 heteroatoms. The smallest absolute Gasteiger partial charge is 0.0623 e. The average molecular weight is 246 g/mol. The fraction of sp³-hybridized carbons (Fsp3) is 0.455. The Balaban J connectivity index is 2.03. The molecule has 0 amide bonds. The molecule has 1 saturated heterocycles. The Kier molecular flexibility index (Phi) is 3.87. The van der Waals surface area contributed by atoms with Crippen LogP contribution in [0.4, 0.5) is 0 Å². The largest absolute Gasteiger partial charge is 0.379 e. The molecule has 0 aromatic heterocycles. The van der Waals surface area contributed by atoms with Gasteiger partial charge in [0.25, 0.3) is 0 Å². The van der Waals surface area contributed by atoms with Gasteiger partial charge in [-0.25, -0.2) is 0 Å². The van der Waals surface area contributed by atoms with Crippen LogP contribution in [0.5, 0.6) is 0 Å². The van der Waals surface area contributed by atoms with Gasteiger partial charge in [0.1, 0.15) is 0 Å². The molecule has 1 N–H and O–H groups in total. The molecule has 0 spiro atoms. The van der Waals surface area contributed by atoms with Gasteiger partial charge in [0.2, 0.25) is 0 Å². The molecule has 82 valence electrons. The first-order valence-corrected chi connectivity index (χ1v) is 5.76. The zero-order valence-corrected chi connectivity index (χ0v) is 9.81. The Bertz CT molecular complexity index is 337. The van der Waals surface area contributed by atoms with Crippen LogP contribution in [0.25, 0.3) is 0 Å². The molecule has 2 rings (SSSR count). The van der Waals surface area contributed by atoms with Crippen molar-refractivity contribution in [3.05, 3.63) is 33.8 Å². The molecule has 15 heavy (non-hydrogen) atoms. The van der Waals surface area contributed by atoms with E-state index in [2.05, 4.69) is 5.32 Å². The molecular formula is C11H13Cl2NO. The molecule has 1 aromatic carbocycles. The molecule has 0 aliphatic carbocycles. The number of hydrogen-bond acceptors (Lipinski definition) is 2. The highest BCUT2D eigenvalue weighted by molar-refractivity contribution is 6.35. The van der Waals surface area contributed by atoms with Crippen LogP contribution in [0.3, 0.4) is 0 Å². The summed E-state index contributed by atoms with van der Waals surface area (Å²) in [6.07, 6.45) is 0.885. The van der Waals surface area contributed by atoms with Gasteiger partial charge in [0, 0.05) is 22.6 Å². The van der Waals surface area contributed by atoms with E-state index in [0.29, 0.717) is 11.1 Å². The summed E-state index contributed by atoms with van der Waals surface area (Å²) in [6.45, 7) is 2.46. The molecular weight excluding hydrogens is 233 g/mol. The van der Waals surface area contributed by atoms with Crippen molar-refractivity contribution in [1.29, 1.82) is 0 Å². The van der Waals surface area contributed by atoms with Crippen LogP contribution in [0.2, 0.25) is 10.0 Å². The van der Waals surface area contributed by atoms with Crippen LogP contribution in [0, 0.1) is 0 Å². The SMILES string of the molecule is Clc1ccc(CC2COCCN2)c(Cl)c1. The standard InChI is InChI=1S/C11H13Cl2NO/c12-9-2-1-8(11(13)6-9)5-10-7-15-4-3-14-10/h1-2,6,10,14H,3-5,7H2. The van der Waals surface area contributed by atoms with Gasteiger partial charge < -0.3 is 10.1 Å². The summed E-state index contributed by atoms with van der Waals surface area (Å²) in [5.41, 5.74) is 1.11. The van der Waals surface area contributed by atoms with Crippen LogP contribution in [0.15, 0.2) is 18.2 Å². The zero-order chi connectivity index (χ0) is 10.7. The van der Waals surface area contributed by atoms with Gasteiger partial charge in [-0.3, -0.25) is 0 Å². The number of halogens is 2. The predicted octanol–water partition coefficient (Wildman–Crippen LogP) is 2.52. The maximum absolute atomic E-state index is 6.10. The van der Waals surface area contributed by atoms with Gasteiger partial charge in [-0.15, -0.1) is 0 Å². The summed E-state index contributed by atoms with van der Waals surface area (Å²) in [5.74, 6) is 0. The fourth-order valence-corrected chi connectivity index (χ4v) is 2.19. The summed E-state index contributed by atoms with van der Waals surface area (Å²) in [5, 5.41) is 4.80. The fourth-order valence-electron chi connectivity index (χ4n) is 1.70. The zero-order valence-electron chi connectivity index (χ0n) is 8.30. The van der Waals surface area contributed by atoms with Crippen LogP contribution < -0.4 is 5.32 Å². The molecule has 1 heterocycles. The van der Waals surface area contributed by atoms with Crippen molar-refractivity contribution in [2.24, 2.45) is 0 Å². The molecule has 1 aliphatic heterocycles. The molecule has 2 nitrogen and oxygen atoms in total. The van der Waals surface area contributed by atoms with E-state index in [4.69, 9.17) is 27.9 Å². The normalized spacial score (nSPS) is 21.6. The van der Waals surface area contributed by atoms with Gasteiger partial charge in [-0.05, 0) is 24.1 Å². The van der Waals surface area contributed by atoms with Crippen molar-refractivity contribution in [3.63, 3.8) is 0 Å². The van der Waals surface area contributed by atoms with Crippen LogP contribution in [-0.4, -0.2) is 25.8 Å². The second kappa shape index (κ2) is 5.17. The number of nitrogens with one attached hydrogen (secondary N) is 1. The van der Waals surface area contributed by atoms with E-state index in [0.717, 1.165) is 36.8 Å². The Morgan fingerprint density at radius 1 is 1.40 bits per heavy atom. The number of rotatable bonds is 2. The molecule has 1 aliphatic rings. The second-order valence-corrected chi connectivity index (χ2v) is 4.51. The predicted molar refractivity (Wildman–Crippen MR) is 62.8 cm³/mol. The van der Waals surface area contributed by atoms with Crippen molar-refractivity contribution in [2.45, 2.75) is 12.5 Å². The Morgan fingerprint density at radius 3 is 2.93 bits per heavy atom. The van der Waals surface area contributed by atoms with Gasteiger partial charge in [-0.1, -0.05) is 29.3 Å². The Hall–Kier alpha value is -0.280. The minimum absolute atomic E-state index is 0.359. The van der Waals surface area contributed by atoms with Crippen molar-refractivity contribution in [1.82, 2.24) is 5.32 Å². The summed E-state index contributed by atoms with van der Waals surface area (Å²) in [6, 6.07) is 5.98. The summed E-state index contributed by atoms with van der Waals surface area (Å²) in [4.78, 5) is 0. The first kappa shape index (κ1) is 11.2. The molecule has 0 bridgehead atoms. The van der Waals surface area contributed by atoms with E-state index in [-0.39, 0.29) is 0 Å². The van der Waals surface area contributed by atoms with Crippen molar-refractivity contribution >= 4 is 23.2 Å². The minimum Gasteiger partial charge on any atom is -0.379 e. The van der Waals surface area contributed by atoms with E-state index >= 15 is 0 Å². The monoisotopic (exact) mass is 245 g/mol. The van der Waals surface area contributed by atoms with Crippen LogP contribution >= 0.6 is 23.2 Å². The van der Waals surface area contributed by atoms with E-state index in [1.807, 2.05) is 12.1 Å². The Labute approximate surface area is 99.5 Å². The van der Waals surface area contributed by atoms with Crippen LogP contribution in [0.1, 0.15) is 5.56 Å². The van der Waals surface area contributed by atoms with Crippen molar-refractivity contribution in [2.75, 3.05) is 19.8 Å². The third-order valence-corrected chi connectivity index (χ3v) is 3.07. The lowest BCUT2D eigenvalue weighted by molar-refractivity contribution is 0.0770. The number of hydrogen-bond donors (Lipinski definition) is 1. The van der Waals surface area contributed by atoms with Gasteiger partial charge in [-0.2, -0.15) is 0 Å². The number of ether oxygens (including phenoxy) is 1. The molecule has 1 unspecified atom stereocenters. The van der Waals surface area contributed by atoms with Gasteiger partial charge >= 0.3 is 0 Å². The lowest BCUT2D eigenvalue weighted by Crippen LogP contribution is -2.42. The summed E-state index contributed by atoms with van der Waals surface area (Å²) >= 11 is 11.9. The Morgan fingerprint density at radius 2 is 2.27 bits per heavy atom. The lowest BCUT2D eigenvalue weighted by atomic mass is 10.1. The van der Waals surface area contributed by atoms with Crippen molar-refractivity contribution in [3.8, 4) is 0 Å². The second-order valence-electron chi connectivity index (χ2n) is 3.67. The quantitative estimate of drug-likeness (QED) is 0.865. The lowest BCUT2D eigenvalue weighted by Gasteiger charge is -2.24. The van der Waals surface area contributed by atoms with Crippen LogP contribution in [-0.2, 0) is 11.2 Å². The molecule has 1 atom stereocenters. The van der Waals surface area contributed by atoms with Crippen molar-refractivity contribution < 1.29 is 4.74 Å². The third-order valence-electron chi connectivity index (χ3n) is 2.48. The molecule has 1 aromatic rings. The highest BCUT2D eigenvalue weighted by Gasteiger charge is 2.14. The van der Waals surface area contributed by atoms with E-state index in [1.165, 1.54) is 0 Å². The molecule has 0 saturated carbocycles. The minimum atomic E-state index is 0.359. The third kappa shape index (κ3) is 3.08. The summed E-state index contributed by atoms with van der Waals surface area (Å²) in [7, 11) is 0. The van der Waals surface area contributed by atoms with Gasteiger partial charge in [0.05, 0.1) is 13.2 Å². The maximum atomic E-state index is 6.10. The highest BCUT2D eigenvalue weighted by Crippen LogP contribution is 2.22. The van der Waals surface area contributed by atoms with E-state index in [9.17, 15) is 0 Å². The molecule has 0 radical (unpaired) electrons. The molecule has 1 fully saturated rings.